The highest BCUT2D eigenvalue weighted by Gasteiger charge is 2.35. The van der Waals surface area contributed by atoms with E-state index in [0.29, 0.717) is 0 Å². The summed E-state index contributed by atoms with van der Waals surface area (Å²) in [6.45, 7) is 1.93. The molecule has 0 radical (unpaired) electrons. The van der Waals surface area contributed by atoms with Crippen LogP contribution in [-0.4, -0.2) is 24.2 Å². The normalized spacial score (nSPS) is 24.8. The molecule has 1 aliphatic carbocycles. The van der Waals surface area contributed by atoms with Crippen LogP contribution in [0.3, 0.4) is 0 Å². The number of amides is 1. The van der Waals surface area contributed by atoms with Crippen LogP contribution >= 0.6 is 0 Å². The fraction of sp³-hybridized carbons (Fsp3) is 0.533. The molecule has 98 valence electrons. The highest BCUT2D eigenvalue weighted by Crippen LogP contribution is 2.33. The van der Waals surface area contributed by atoms with Gasteiger partial charge < -0.3 is 10.0 Å². The maximum atomic E-state index is 12.4. The fourth-order valence-electron chi connectivity index (χ4n) is 2.82. The zero-order valence-corrected chi connectivity index (χ0v) is 11.0. The topological polar surface area (TPSA) is 40.5 Å². The number of aliphatic hydroxyl groups is 1. The third-order valence-corrected chi connectivity index (χ3v) is 4.04. The van der Waals surface area contributed by atoms with Crippen LogP contribution < -0.4 is 4.90 Å². The van der Waals surface area contributed by atoms with Crippen LogP contribution in [0.1, 0.15) is 26.2 Å². The first kappa shape index (κ1) is 13.1. The maximum absolute atomic E-state index is 12.4. The number of aliphatic hydroxyl groups excluding tert-OH is 1. The van der Waals surface area contributed by atoms with Gasteiger partial charge in [-0.1, -0.05) is 31.5 Å². The van der Waals surface area contributed by atoms with Crippen molar-refractivity contribution in [3.8, 4) is 0 Å². The molecule has 1 saturated carbocycles. The SMILES string of the molecule is CC(C(=O)N(C)c1ccccc1)[C@H]1CCC[C@H]1O. The third kappa shape index (κ3) is 2.56. The van der Waals surface area contributed by atoms with Gasteiger partial charge in [-0.2, -0.15) is 0 Å². The fourth-order valence-corrected chi connectivity index (χ4v) is 2.82. The number of carbonyl (C=O) groups excluding carboxylic acids is 1. The minimum absolute atomic E-state index is 0.0900. The summed E-state index contributed by atoms with van der Waals surface area (Å²) in [6, 6.07) is 9.64. The quantitative estimate of drug-likeness (QED) is 0.891. The molecular weight excluding hydrogens is 226 g/mol. The molecule has 1 N–H and O–H groups in total. The van der Waals surface area contributed by atoms with Gasteiger partial charge in [-0.3, -0.25) is 4.79 Å². The molecule has 3 heteroatoms. The Morgan fingerprint density at radius 3 is 2.56 bits per heavy atom. The molecule has 1 amide bonds. The lowest BCUT2D eigenvalue weighted by atomic mass is 9.89. The van der Waals surface area contributed by atoms with E-state index in [1.54, 1.807) is 11.9 Å². The van der Waals surface area contributed by atoms with E-state index in [4.69, 9.17) is 0 Å². The highest BCUT2D eigenvalue weighted by atomic mass is 16.3. The second-order valence-electron chi connectivity index (χ2n) is 5.18. The summed E-state index contributed by atoms with van der Waals surface area (Å²) in [5.41, 5.74) is 0.904. The summed E-state index contributed by atoms with van der Waals surface area (Å²) in [4.78, 5) is 14.1. The number of hydrogen-bond donors (Lipinski definition) is 1. The minimum Gasteiger partial charge on any atom is -0.393 e. The van der Waals surface area contributed by atoms with Gasteiger partial charge in [-0.15, -0.1) is 0 Å². The van der Waals surface area contributed by atoms with Crippen molar-refractivity contribution in [3.05, 3.63) is 30.3 Å². The van der Waals surface area contributed by atoms with E-state index < -0.39 is 0 Å². The molecule has 2 rings (SSSR count). The van der Waals surface area contributed by atoms with Crippen LogP contribution in [0.2, 0.25) is 0 Å². The van der Waals surface area contributed by atoms with Crippen molar-refractivity contribution in [3.63, 3.8) is 0 Å². The zero-order valence-electron chi connectivity index (χ0n) is 11.0. The van der Waals surface area contributed by atoms with Crippen LogP contribution in [0, 0.1) is 11.8 Å². The van der Waals surface area contributed by atoms with E-state index >= 15 is 0 Å². The Balaban J connectivity index is 2.07. The van der Waals surface area contributed by atoms with Crippen LogP contribution in [0.15, 0.2) is 30.3 Å². The predicted molar refractivity (Wildman–Crippen MR) is 72.4 cm³/mol. The summed E-state index contributed by atoms with van der Waals surface area (Å²) in [7, 11) is 1.80. The summed E-state index contributed by atoms with van der Waals surface area (Å²) in [5.74, 6) is 0.0866. The van der Waals surface area contributed by atoms with Gasteiger partial charge in [0, 0.05) is 18.7 Å². The lowest BCUT2D eigenvalue weighted by Gasteiger charge is -2.26. The van der Waals surface area contributed by atoms with Crippen molar-refractivity contribution < 1.29 is 9.90 Å². The number of anilines is 1. The summed E-state index contributed by atoms with van der Waals surface area (Å²) < 4.78 is 0. The molecule has 1 fully saturated rings. The second kappa shape index (κ2) is 5.53. The van der Waals surface area contributed by atoms with E-state index in [1.165, 1.54) is 0 Å². The maximum Gasteiger partial charge on any atom is 0.229 e. The lowest BCUT2D eigenvalue weighted by Crippen LogP contribution is -2.37. The molecule has 0 heterocycles. The van der Waals surface area contributed by atoms with Crippen molar-refractivity contribution in [1.29, 1.82) is 0 Å². The molecule has 0 aromatic heterocycles. The largest absolute Gasteiger partial charge is 0.393 e. The average Bonchev–Trinajstić information content (AvgIpc) is 2.83. The number of rotatable bonds is 3. The van der Waals surface area contributed by atoms with Gasteiger partial charge in [-0.25, -0.2) is 0 Å². The van der Waals surface area contributed by atoms with Crippen molar-refractivity contribution in [2.75, 3.05) is 11.9 Å². The standard InChI is InChI=1S/C15H21NO2/c1-11(13-9-6-10-14(13)17)15(18)16(2)12-7-4-3-5-8-12/h3-5,7-8,11,13-14,17H,6,9-10H2,1-2H3/t11?,13-,14-/m1/s1. The molecule has 1 unspecified atom stereocenters. The molecule has 0 aliphatic heterocycles. The van der Waals surface area contributed by atoms with Crippen molar-refractivity contribution in [1.82, 2.24) is 0 Å². The van der Waals surface area contributed by atoms with Gasteiger partial charge in [0.2, 0.25) is 5.91 Å². The van der Waals surface area contributed by atoms with Crippen LogP contribution in [0.25, 0.3) is 0 Å². The number of nitrogens with zero attached hydrogens (tertiary/aromatic N) is 1. The Morgan fingerprint density at radius 2 is 2.00 bits per heavy atom. The van der Waals surface area contributed by atoms with Gasteiger partial charge >= 0.3 is 0 Å². The third-order valence-electron chi connectivity index (χ3n) is 4.04. The first-order chi connectivity index (χ1) is 8.61. The number of benzene rings is 1. The Hall–Kier alpha value is -1.35. The molecular formula is C15H21NO2. The van der Waals surface area contributed by atoms with Crippen molar-refractivity contribution in [2.24, 2.45) is 11.8 Å². The second-order valence-corrected chi connectivity index (χ2v) is 5.18. The highest BCUT2D eigenvalue weighted by molar-refractivity contribution is 5.94. The smallest absolute Gasteiger partial charge is 0.229 e. The van der Waals surface area contributed by atoms with Crippen LogP contribution in [0.4, 0.5) is 5.69 Å². The van der Waals surface area contributed by atoms with Gasteiger partial charge in [0.25, 0.3) is 0 Å². The molecule has 18 heavy (non-hydrogen) atoms. The van der Waals surface area contributed by atoms with Crippen LogP contribution in [-0.2, 0) is 4.79 Å². The Morgan fingerprint density at radius 1 is 1.33 bits per heavy atom. The van der Waals surface area contributed by atoms with Gasteiger partial charge in [0.15, 0.2) is 0 Å². The van der Waals surface area contributed by atoms with Crippen molar-refractivity contribution in [2.45, 2.75) is 32.3 Å². The molecule has 3 nitrogen and oxygen atoms in total. The first-order valence-corrected chi connectivity index (χ1v) is 6.62. The molecule has 0 saturated heterocycles. The van der Waals surface area contributed by atoms with Gasteiger partial charge in [-0.05, 0) is 30.9 Å². The number of hydrogen-bond acceptors (Lipinski definition) is 2. The lowest BCUT2D eigenvalue weighted by molar-refractivity contribution is -0.124. The zero-order chi connectivity index (χ0) is 13.1. The minimum atomic E-state index is -0.312. The van der Waals surface area contributed by atoms with Crippen molar-refractivity contribution >= 4 is 11.6 Å². The van der Waals surface area contributed by atoms with E-state index in [0.717, 1.165) is 24.9 Å². The molecule has 1 aromatic rings. The van der Waals surface area contributed by atoms with E-state index in [2.05, 4.69) is 0 Å². The van der Waals surface area contributed by atoms with Gasteiger partial charge in [0.05, 0.1) is 6.10 Å². The van der Waals surface area contributed by atoms with Crippen LogP contribution in [0.5, 0.6) is 0 Å². The average molecular weight is 247 g/mol. The summed E-state index contributed by atoms with van der Waals surface area (Å²) >= 11 is 0. The first-order valence-electron chi connectivity index (χ1n) is 6.62. The van der Waals surface area contributed by atoms with E-state index in [-0.39, 0.29) is 23.8 Å². The molecule has 1 aromatic carbocycles. The van der Waals surface area contributed by atoms with E-state index in [9.17, 15) is 9.90 Å². The Labute approximate surface area is 108 Å². The predicted octanol–water partition coefficient (Wildman–Crippen LogP) is 2.45. The molecule has 3 atom stereocenters. The summed E-state index contributed by atoms with van der Waals surface area (Å²) in [5, 5.41) is 9.89. The van der Waals surface area contributed by atoms with E-state index in [1.807, 2.05) is 37.3 Å². The molecule has 0 bridgehead atoms. The summed E-state index contributed by atoms with van der Waals surface area (Å²) in [6.07, 6.45) is 2.50. The van der Waals surface area contributed by atoms with Gasteiger partial charge in [0.1, 0.15) is 0 Å². The Kier molecular flexibility index (Phi) is 4.02. The number of carbonyl (C=O) groups is 1. The molecule has 0 spiro atoms. The molecule has 1 aliphatic rings. The Bertz CT molecular complexity index is 404. The number of para-hydroxylation sites is 1. The monoisotopic (exact) mass is 247 g/mol.